The molecule has 1 saturated heterocycles. The third kappa shape index (κ3) is 5.89. The highest BCUT2D eigenvalue weighted by Crippen LogP contribution is 2.23. The molecule has 1 rings (SSSR count). The van der Waals surface area contributed by atoms with Gasteiger partial charge in [0.25, 0.3) is 5.91 Å². The SMILES string of the molecule is CC/C=C(\C)C(=O)N1CSCC1C(=O)NCCNC(=O)C(C)C. The molecule has 1 aliphatic heterocycles. The number of allylic oxidation sites excluding steroid dienone is 1. The van der Waals surface area contributed by atoms with Crippen molar-refractivity contribution in [3.8, 4) is 0 Å². The lowest BCUT2D eigenvalue weighted by atomic mass is 10.2. The Hall–Kier alpha value is -1.50. The van der Waals surface area contributed by atoms with Crippen molar-refractivity contribution in [3.63, 3.8) is 0 Å². The molecule has 130 valence electrons. The van der Waals surface area contributed by atoms with Crippen LogP contribution in [-0.4, -0.2) is 53.4 Å². The van der Waals surface area contributed by atoms with E-state index in [1.54, 1.807) is 23.6 Å². The van der Waals surface area contributed by atoms with E-state index < -0.39 is 6.04 Å². The average Bonchev–Trinajstić information content (AvgIpc) is 2.99. The number of thioether (sulfide) groups is 1. The Labute approximate surface area is 142 Å². The van der Waals surface area contributed by atoms with Crippen LogP contribution in [0.4, 0.5) is 0 Å². The van der Waals surface area contributed by atoms with Gasteiger partial charge in [-0.05, 0) is 13.3 Å². The number of hydrogen-bond donors (Lipinski definition) is 2. The molecule has 0 aromatic carbocycles. The predicted octanol–water partition coefficient (Wildman–Crippen LogP) is 1.13. The molecular weight excluding hydrogens is 314 g/mol. The number of carbonyl (C=O) groups excluding carboxylic acids is 3. The van der Waals surface area contributed by atoms with Crippen molar-refractivity contribution >= 4 is 29.5 Å². The largest absolute Gasteiger partial charge is 0.354 e. The molecule has 1 heterocycles. The Morgan fingerprint density at radius 2 is 1.91 bits per heavy atom. The van der Waals surface area contributed by atoms with Gasteiger partial charge in [0.1, 0.15) is 6.04 Å². The Kier molecular flexibility index (Phi) is 8.16. The molecular formula is C16H27N3O3S. The number of carbonyl (C=O) groups is 3. The highest BCUT2D eigenvalue weighted by atomic mass is 32.2. The molecule has 1 aliphatic rings. The summed E-state index contributed by atoms with van der Waals surface area (Å²) in [5, 5.41) is 5.54. The zero-order valence-electron chi connectivity index (χ0n) is 14.3. The van der Waals surface area contributed by atoms with Crippen molar-refractivity contribution in [2.24, 2.45) is 5.92 Å². The molecule has 1 atom stereocenters. The van der Waals surface area contributed by atoms with Crippen LogP contribution < -0.4 is 10.6 Å². The number of rotatable bonds is 7. The van der Waals surface area contributed by atoms with Gasteiger partial charge in [-0.1, -0.05) is 26.8 Å². The van der Waals surface area contributed by atoms with E-state index in [0.29, 0.717) is 30.3 Å². The Morgan fingerprint density at radius 3 is 2.52 bits per heavy atom. The Bertz CT molecular complexity index is 477. The molecule has 23 heavy (non-hydrogen) atoms. The molecule has 2 N–H and O–H groups in total. The van der Waals surface area contributed by atoms with Gasteiger partial charge in [-0.25, -0.2) is 0 Å². The van der Waals surface area contributed by atoms with Crippen LogP contribution in [0.25, 0.3) is 0 Å². The second-order valence-corrected chi connectivity index (χ2v) is 6.82. The van der Waals surface area contributed by atoms with Crippen molar-refractivity contribution in [1.29, 1.82) is 0 Å². The van der Waals surface area contributed by atoms with Gasteiger partial charge in [0, 0.05) is 30.3 Å². The van der Waals surface area contributed by atoms with E-state index in [4.69, 9.17) is 0 Å². The zero-order valence-corrected chi connectivity index (χ0v) is 15.2. The summed E-state index contributed by atoms with van der Waals surface area (Å²) in [5.41, 5.74) is 0.678. The molecule has 1 unspecified atom stereocenters. The van der Waals surface area contributed by atoms with E-state index in [0.717, 1.165) is 6.42 Å². The average molecular weight is 341 g/mol. The topological polar surface area (TPSA) is 78.5 Å². The minimum atomic E-state index is -0.437. The monoisotopic (exact) mass is 341 g/mol. The van der Waals surface area contributed by atoms with Gasteiger partial charge < -0.3 is 15.5 Å². The van der Waals surface area contributed by atoms with Crippen LogP contribution in [0.3, 0.4) is 0 Å². The van der Waals surface area contributed by atoms with Crippen LogP contribution >= 0.6 is 11.8 Å². The van der Waals surface area contributed by atoms with Gasteiger partial charge in [-0.3, -0.25) is 14.4 Å². The zero-order chi connectivity index (χ0) is 17.4. The second-order valence-electron chi connectivity index (χ2n) is 5.82. The van der Waals surface area contributed by atoms with E-state index >= 15 is 0 Å². The van der Waals surface area contributed by atoms with Crippen LogP contribution in [0.1, 0.15) is 34.1 Å². The minimum absolute atomic E-state index is 0.0344. The Balaban J connectivity index is 2.47. The lowest BCUT2D eigenvalue weighted by molar-refractivity contribution is -0.135. The fraction of sp³-hybridized carbons (Fsp3) is 0.688. The van der Waals surface area contributed by atoms with Gasteiger partial charge >= 0.3 is 0 Å². The van der Waals surface area contributed by atoms with Crippen LogP contribution in [0.2, 0.25) is 0 Å². The maximum Gasteiger partial charge on any atom is 0.250 e. The standard InChI is InChI=1S/C16H27N3O3S/c1-5-6-12(4)16(22)19-10-23-9-13(19)15(21)18-8-7-17-14(20)11(2)3/h6,11,13H,5,7-10H2,1-4H3,(H,17,20)(H,18,21)/b12-6+. The van der Waals surface area contributed by atoms with Gasteiger partial charge in [0.05, 0.1) is 5.88 Å². The summed E-state index contributed by atoms with van der Waals surface area (Å²) in [7, 11) is 0. The summed E-state index contributed by atoms with van der Waals surface area (Å²) >= 11 is 1.58. The van der Waals surface area contributed by atoms with Gasteiger partial charge in [-0.15, -0.1) is 11.8 Å². The summed E-state index contributed by atoms with van der Waals surface area (Å²) in [5.74, 6) is 0.799. The van der Waals surface area contributed by atoms with Crippen LogP contribution in [-0.2, 0) is 14.4 Å². The van der Waals surface area contributed by atoms with Gasteiger partial charge in [0.15, 0.2) is 0 Å². The quantitative estimate of drug-likeness (QED) is 0.537. The molecule has 0 aromatic rings. The third-order valence-electron chi connectivity index (χ3n) is 3.54. The highest BCUT2D eigenvalue weighted by Gasteiger charge is 2.34. The predicted molar refractivity (Wildman–Crippen MR) is 92.9 cm³/mol. The normalized spacial score (nSPS) is 18.2. The first-order chi connectivity index (χ1) is 10.9. The van der Waals surface area contributed by atoms with E-state index in [2.05, 4.69) is 10.6 Å². The lowest BCUT2D eigenvalue weighted by Gasteiger charge is -2.23. The van der Waals surface area contributed by atoms with Crippen molar-refractivity contribution in [3.05, 3.63) is 11.6 Å². The molecule has 1 fully saturated rings. The molecule has 3 amide bonds. The first kappa shape index (κ1) is 19.5. The van der Waals surface area contributed by atoms with Crippen molar-refractivity contribution in [1.82, 2.24) is 15.5 Å². The number of amides is 3. The van der Waals surface area contributed by atoms with Crippen molar-refractivity contribution in [2.75, 3.05) is 24.7 Å². The number of nitrogens with zero attached hydrogens (tertiary/aromatic N) is 1. The molecule has 0 bridgehead atoms. The summed E-state index contributed by atoms with van der Waals surface area (Å²) in [6.45, 7) is 8.16. The number of hydrogen-bond acceptors (Lipinski definition) is 4. The molecule has 0 aromatic heterocycles. The lowest BCUT2D eigenvalue weighted by Crippen LogP contribution is -2.49. The van der Waals surface area contributed by atoms with Crippen LogP contribution in [0.5, 0.6) is 0 Å². The molecule has 0 aliphatic carbocycles. The van der Waals surface area contributed by atoms with Crippen molar-refractivity contribution < 1.29 is 14.4 Å². The van der Waals surface area contributed by atoms with Crippen LogP contribution in [0.15, 0.2) is 11.6 Å². The first-order valence-electron chi connectivity index (χ1n) is 7.99. The second kappa shape index (κ2) is 9.60. The number of nitrogens with one attached hydrogen (secondary N) is 2. The fourth-order valence-corrected chi connectivity index (χ4v) is 3.33. The molecule has 0 saturated carbocycles. The van der Waals surface area contributed by atoms with Gasteiger partial charge in [0.2, 0.25) is 11.8 Å². The van der Waals surface area contributed by atoms with Gasteiger partial charge in [-0.2, -0.15) is 0 Å². The van der Waals surface area contributed by atoms with E-state index in [1.807, 2.05) is 26.8 Å². The summed E-state index contributed by atoms with van der Waals surface area (Å²) in [6.07, 6.45) is 2.67. The maximum absolute atomic E-state index is 12.4. The maximum atomic E-state index is 12.4. The highest BCUT2D eigenvalue weighted by molar-refractivity contribution is 7.99. The molecule has 6 nitrogen and oxygen atoms in total. The fourth-order valence-electron chi connectivity index (χ4n) is 2.17. The van der Waals surface area contributed by atoms with E-state index in [-0.39, 0.29) is 23.6 Å². The molecule has 0 spiro atoms. The summed E-state index contributed by atoms with van der Waals surface area (Å²) in [4.78, 5) is 37.7. The summed E-state index contributed by atoms with van der Waals surface area (Å²) < 4.78 is 0. The minimum Gasteiger partial charge on any atom is -0.354 e. The smallest absolute Gasteiger partial charge is 0.250 e. The molecule has 7 heteroatoms. The van der Waals surface area contributed by atoms with Crippen LogP contribution in [0, 0.1) is 5.92 Å². The van der Waals surface area contributed by atoms with Crippen molar-refractivity contribution in [2.45, 2.75) is 40.2 Å². The Morgan fingerprint density at radius 1 is 1.26 bits per heavy atom. The van der Waals surface area contributed by atoms with E-state index in [9.17, 15) is 14.4 Å². The first-order valence-corrected chi connectivity index (χ1v) is 9.14. The molecule has 0 radical (unpaired) electrons. The van der Waals surface area contributed by atoms with E-state index in [1.165, 1.54) is 0 Å². The summed E-state index contributed by atoms with van der Waals surface area (Å²) in [6, 6.07) is -0.437. The third-order valence-corrected chi connectivity index (χ3v) is 4.55.